The minimum atomic E-state index is -0.663. The van der Waals surface area contributed by atoms with Gasteiger partial charge in [-0.15, -0.1) is 0 Å². The van der Waals surface area contributed by atoms with Gasteiger partial charge in [0.05, 0.1) is 11.6 Å². The predicted molar refractivity (Wildman–Crippen MR) is 124 cm³/mol. The van der Waals surface area contributed by atoms with Gasteiger partial charge in [0, 0.05) is 48.5 Å². The largest absolute Gasteiger partial charge is 0.389 e. The van der Waals surface area contributed by atoms with Crippen molar-refractivity contribution in [2.75, 3.05) is 38.1 Å². The van der Waals surface area contributed by atoms with Crippen LogP contribution in [-0.4, -0.2) is 48.2 Å². The molecule has 0 radical (unpaired) electrons. The Morgan fingerprint density at radius 2 is 1.63 bits per heavy atom. The van der Waals surface area contributed by atoms with Crippen LogP contribution in [0.2, 0.25) is 0 Å². The molecule has 30 heavy (non-hydrogen) atoms. The summed E-state index contributed by atoms with van der Waals surface area (Å²) in [5.74, 6) is -0.268. The second kappa shape index (κ2) is 9.54. The van der Waals surface area contributed by atoms with E-state index in [-0.39, 0.29) is 5.82 Å². The molecule has 0 spiro atoms. The number of hydrogen-bond acceptors (Lipinski definition) is 4. The number of aliphatic hydroxyl groups excluding tert-OH is 1. The molecule has 160 valence electrons. The minimum absolute atomic E-state index is 0.268. The SMILES string of the molecule is CC.Cc1nc2ccc(N3CCN(C)CC3)cc2c(-c2ccc(F)cc2)c1C(C)O. The highest BCUT2D eigenvalue weighted by molar-refractivity contribution is 5.98. The van der Waals surface area contributed by atoms with Crippen LogP contribution in [0.15, 0.2) is 42.5 Å². The van der Waals surface area contributed by atoms with Crippen molar-refractivity contribution in [3.8, 4) is 11.1 Å². The summed E-state index contributed by atoms with van der Waals surface area (Å²) < 4.78 is 13.5. The van der Waals surface area contributed by atoms with Crippen LogP contribution in [-0.2, 0) is 0 Å². The fraction of sp³-hybridized carbons (Fsp3) is 0.400. The Labute approximate surface area is 179 Å². The molecule has 0 amide bonds. The van der Waals surface area contributed by atoms with Gasteiger partial charge in [-0.2, -0.15) is 0 Å². The Morgan fingerprint density at radius 1 is 1.00 bits per heavy atom. The lowest BCUT2D eigenvalue weighted by Crippen LogP contribution is -2.44. The van der Waals surface area contributed by atoms with E-state index in [1.165, 1.54) is 12.1 Å². The van der Waals surface area contributed by atoms with Gasteiger partial charge in [-0.25, -0.2) is 4.39 Å². The van der Waals surface area contributed by atoms with Crippen molar-refractivity contribution in [1.82, 2.24) is 9.88 Å². The summed E-state index contributed by atoms with van der Waals surface area (Å²) in [7, 11) is 2.14. The Hall–Kier alpha value is -2.50. The molecule has 0 saturated carbocycles. The number of aromatic nitrogens is 1. The average Bonchev–Trinajstić information content (AvgIpc) is 2.75. The molecular formula is C25H32FN3O. The van der Waals surface area contributed by atoms with Gasteiger partial charge in [-0.05, 0) is 62.4 Å². The molecular weight excluding hydrogens is 377 g/mol. The zero-order valence-corrected chi connectivity index (χ0v) is 18.6. The van der Waals surface area contributed by atoms with Crippen LogP contribution >= 0.6 is 0 Å². The first kappa shape index (κ1) is 22.2. The van der Waals surface area contributed by atoms with E-state index >= 15 is 0 Å². The zero-order valence-electron chi connectivity index (χ0n) is 18.6. The molecule has 2 heterocycles. The normalized spacial score (nSPS) is 15.6. The summed E-state index contributed by atoms with van der Waals surface area (Å²) in [5.41, 5.74) is 5.48. The van der Waals surface area contributed by atoms with Gasteiger partial charge >= 0.3 is 0 Å². The molecule has 1 aliphatic heterocycles. The number of pyridine rings is 1. The first-order valence-corrected chi connectivity index (χ1v) is 10.8. The molecule has 1 unspecified atom stereocenters. The van der Waals surface area contributed by atoms with Gasteiger partial charge in [0.2, 0.25) is 0 Å². The maximum Gasteiger partial charge on any atom is 0.123 e. The van der Waals surface area contributed by atoms with Gasteiger partial charge in [0.25, 0.3) is 0 Å². The molecule has 1 atom stereocenters. The first-order chi connectivity index (χ1) is 14.4. The molecule has 1 saturated heterocycles. The molecule has 5 heteroatoms. The topological polar surface area (TPSA) is 39.6 Å². The van der Waals surface area contributed by atoms with Crippen LogP contribution in [0.5, 0.6) is 0 Å². The van der Waals surface area contributed by atoms with Gasteiger partial charge in [0.1, 0.15) is 5.82 Å². The Kier molecular flexibility index (Phi) is 7.06. The molecule has 0 bridgehead atoms. The quantitative estimate of drug-likeness (QED) is 0.647. The second-order valence-corrected chi connectivity index (χ2v) is 7.66. The summed E-state index contributed by atoms with van der Waals surface area (Å²) in [6.45, 7) is 11.7. The first-order valence-electron chi connectivity index (χ1n) is 10.8. The summed E-state index contributed by atoms with van der Waals surface area (Å²) >= 11 is 0. The van der Waals surface area contributed by atoms with Crippen LogP contribution in [0, 0.1) is 12.7 Å². The number of halogens is 1. The van der Waals surface area contributed by atoms with E-state index in [4.69, 9.17) is 4.98 Å². The number of aryl methyl sites for hydroxylation is 1. The zero-order chi connectivity index (χ0) is 21.8. The van der Waals surface area contributed by atoms with Crippen molar-refractivity contribution in [1.29, 1.82) is 0 Å². The van der Waals surface area contributed by atoms with Crippen molar-refractivity contribution in [2.45, 2.75) is 33.8 Å². The molecule has 0 aliphatic carbocycles. The van der Waals surface area contributed by atoms with E-state index in [1.54, 1.807) is 19.1 Å². The van der Waals surface area contributed by atoms with Crippen molar-refractivity contribution in [2.24, 2.45) is 0 Å². The standard InChI is InChI=1S/C23H26FN3O.C2H6/c1-15-22(16(2)28)23(17-4-6-18(24)7-5-17)20-14-19(8-9-21(20)25-15)27-12-10-26(3)11-13-27;1-2/h4-9,14,16,28H,10-13H2,1-3H3;1-2H3. The number of anilines is 1. The highest BCUT2D eigenvalue weighted by atomic mass is 19.1. The molecule has 1 N–H and O–H groups in total. The third-order valence-electron chi connectivity index (χ3n) is 5.62. The van der Waals surface area contributed by atoms with E-state index in [0.29, 0.717) is 0 Å². The van der Waals surface area contributed by atoms with Crippen molar-refractivity contribution >= 4 is 16.6 Å². The van der Waals surface area contributed by atoms with Crippen LogP contribution in [0.4, 0.5) is 10.1 Å². The van der Waals surface area contributed by atoms with Gasteiger partial charge in [-0.3, -0.25) is 4.98 Å². The summed E-state index contributed by atoms with van der Waals surface area (Å²) in [6, 6.07) is 12.8. The van der Waals surface area contributed by atoms with E-state index in [2.05, 4.69) is 35.0 Å². The predicted octanol–water partition coefficient (Wildman–Crippen LogP) is 5.18. The number of likely N-dealkylation sites (N-methyl/N-ethyl adjacent to an activating group) is 1. The van der Waals surface area contributed by atoms with Crippen molar-refractivity contribution in [3.63, 3.8) is 0 Å². The number of benzene rings is 2. The third-order valence-corrected chi connectivity index (χ3v) is 5.62. The van der Waals surface area contributed by atoms with Crippen LogP contribution < -0.4 is 4.90 Å². The molecule has 3 aromatic rings. The smallest absolute Gasteiger partial charge is 0.123 e. The van der Waals surface area contributed by atoms with E-state index in [9.17, 15) is 9.50 Å². The Morgan fingerprint density at radius 3 is 2.23 bits per heavy atom. The number of hydrogen-bond donors (Lipinski definition) is 1. The average molecular weight is 410 g/mol. The highest BCUT2D eigenvalue weighted by Crippen LogP contribution is 2.38. The van der Waals surface area contributed by atoms with Crippen LogP contribution in [0.3, 0.4) is 0 Å². The number of aliphatic hydroxyl groups is 1. The summed E-state index contributed by atoms with van der Waals surface area (Å²) in [4.78, 5) is 9.45. The third kappa shape index (κ3) is 4.47. The Bertz CT molecular complexity index is 993. The number of nitrogens with zero attached hydrogens (tertiary/aromatic N) is 3. The lowest BCUT2D eigenvalue weighted by Gasteiger charge is -2.34. The van der Waals surface area contributed by atoms with E-state index in [1.807, 2.05) is 20.8 Å². The number of rotatable bonds is 3. The van der Waals surface area contributed by atoms with Gasteiger partial charge < -0.3 is 14.9 Å². The molecule has 1 fully saturated rings. The van der Waals surface area contributed by atoms with Crippen molar-refractivity contribution < 1.29 is 9.50 Å². The fourth-order valence-electron chi connectivity index (χ4n) is 4.09. The van der Waals surface area contributed by atoms with E-state index in [0.717, 1.165) is 65.2 Å². The second-order valence-electron chi connectivity index (χ2n) is 7.66. The minimum Gasteiger partial charge on any atom is -0.389 e. The maximum atomic E-state index is 13.5. The number of fused-ring (bicyclic) bond motifs is 1. The molecule has 4 nitrogen and oxygen atoms in total. The molecule has 1 aliphatic rings. The molecule has 1 aromatic heterocycles. The fourth-order valence-corrected chi connectivity index (χ4v) is 4.09. The van der Waals surface area contributed by atoms with Gasteiger partial charge in [-0.1, -0.05) is 26.0 Å². The maximum absolute atomic E-state index is 13.5. The summed E-state index contributed by atoms with van der Waals surface area (Å²) in [5, 5.41) is 11.5. The van der Waals surface area contributed by atoms with Crippen LogP contribution in [0.1, 0.15) is 38.1 Å². The van der Waals surface area contributed by atoms with Crippen LogP contribution in [0.25, 0.3) is 22.0 Å². The highest BCUT2D eigenvalue weighted by Gasteiger charge is 2.20. The lowest BCUT2D eigenvalue weighted by atomic mass is 9.91. The molecule has 4 rings (SSSR count). The van der Waals surface area contributed by atoms with Crippen molar-refractivity contribution in [3.05, 3.63) is 59.5 Å². The number of piperazine rings is 1. The monoisotopic (exact) mass is 409 g/mol. The summed E-state index contributed by atoms with van der Waals surface area (Å²) in [6.07, 6.45) is -0.663. The lowest BCUT2D eigenvalue weighted by molar-refractivity contribution is 0.199. The van der Waals surface area contributed by atoms with Gasteiger partial charge in [0.15, 0.2) is 0 Å². The van der Waals surface area contributed by atoms with E-state index < -0.39 is 6.10 Å². The Balaban J connectivity index is 0.00000124. The molecule has 2 aromatic carbocycles.